The van der Waals surface area contributed by atoms with Crippen molar-refractivity contribution >= 4 is 23.6 Å². The summed E-state index contributed by atoms with van der Waals surface area (Å²) >= 11 is 0. The van der Waals surface area contributed by atoms with Crippen LogP contribution in [0.2, 0.25) is 0 Å². The van der Waals surface area contributed by atoms with Crippen molar-refractivity contribution in [3.63, 3.8) is 0 Å². The zero-order chi connectivity index (χ0) is 24.1. The molecular formula is C26H29N3O5. The fraction of sp³-hybridized carbons (Fsp3) is 0.385. The van der Waals surface area contributed by atoms with E-state index in [1.54, 1.807) is 30.2 Å². The summed E-state index contributed by atoms with van der Waals surface area (Å²) in [5.74, 6) is -0.422. The smallest absolute Gasteiger partial charge is 0.255 e. The molecule has 2 N–H and O–H groups in total. The number of imide groups is 1. The van der Waals surface area contributed by atoms with Crippen molar-refractivity contribution < 1.29 is 23.9 Å². The quantitative estimate of drug-likeness (QED) is 0.439. The fourth-order valence-electron chi connectivity index (χ4n) is 4.63. The van der Waals surface area contributed by atoms with Crippen LogP contribution in [0.25, 0.3) is 0 Å². The van der Waals surface area contributed by atoms with E-state index in [-0.39, 0.29) is 24.1 Å². The van der Waals surface area contributed by atoms with Crippen molar-refractivity contribution in [1.82, 2.24) is 15.5 Å². The molecule has 1 atom stereocenters. The van der Waals surface area contributed by atoms with Crippen LogP contribution in [-0.4, -0.2) is 48.2 Å². The number of rotatable bonds is 9. The van der Waals surface area contributed by atoms with E-state index < -0.39 is 11.9 Å². The minimum absolute atomic E-state index is 0.148. The zero-order valence-corrected chi connectivity index (χ0v) is 19.3. The van der Waals surface area contributed by atoms with Crippen molar-refractivity contribution in [1.29, 1.82) is 0 Å². The van der Waals surface area contributed by atoms with Crippen LogP contribution in [0.4, 0.5) is 0 Å². The van der Waals surface area contributed by atoms with Crippen LogP contribution in [0, 0.1) is 0 Å². The van der Waals surface area contributed by atoms with Crippen LogP contribution in [-0.2, 0) is 22.6 Å². The lowest BCUT2D eigenvalue weighted by Gasteiger charge is -2.29. The maximum absolute atomic E-state index is 12.9. The number of para-hydroxylation sites is 1. The Kier molecular flexibility index (Phi) is 7.25. The maximum Gasteiger partial charge on any atom is 0.255 e. The van der Waals surface area contributed by atoms with Gasteiger partial charge in [-0.15, -0.1) is 0 Å². The second-order valence-corrected chi connectivity index (χ2v) is 8.61. The Labute approximate surface area is 198 Å². The highest BCUT2D eigenvalue weighted by Crippen LogP contribution is 2.30. The van der Waals surface area contributed by atoms with E-state index in [1.807, 2.05) is 24.3 Å². The number of aryl methyl sites for hydroxylation is 1. The standard InChI is InChI=1S/C26H29N3O5/c1-34-22-12-5-4-10-19(22)24(31)27-15-6-2-3-8-17-9-7-11-18-20(17)16-29(26(18)33)21-13-14-23(30)28-25(21)32/h4-5,7,9-12,21H,2-3,6,8,13-16H2,1H3,(H,27,31)(H,28,30,32). The van der Waals surface area contributed by atoms with E-state index in [0.29, 0.717) is 36.4 Å². The van der Waals surface area contributed by atoms with Crippen LogP contribution in [0.5, 0.6) is 5.75 Å². The summed E-state index contributed by atoms with van der Waals surface area (Å²) in [4.78, 5) is 50.6. The summed E-state index contributed by atoms with van der Waals surface area (Å²) < 4.78 is 5.24. The first-order valence-electron chi connectivity index (χ1n) is 11.7. The third-order valence-electron chi connectivity index (χ3n) is 6.44. The molecule has 0 bridgehead atoms. The third-order valence-corrected chi connectivity index (χ3v) is 6.44. The first-order valence-corrected chi connectivity index (χ1v) is 11.7. The van der Waals surface area contributed by atoms with Gasteiger partial charge in [-0.25, -0.2) is 0 Å². The molecule has 4 rings (SSSR count). The Morgan fingerprint density at radius 2 is 1.91 bits per heavy atom. The van der Waals surface area contributed by atoms with E-state index in [4.69, 9.17) is 4.74 Å². The van der Waals surface area contributed by atoms with Gasteiger partial charge in [0, 0.05) is 25.1 Å². The predicted molar refractivity (Wildman–Crippen MR) is 125 cm³/mol. The van der Waals surface area contributed by atoms with Gasteiger partial charge in [-0.2, -0.15) is 0 Å². The molecular weight excluding hydrogens is 434 g/mol. The van der Waals surface area contributed by atoms with Crippen LogP contribution in [0.1, 0.15) is 63.9 Å². The van der Waals surface area contributed by atoms with Crippen molar-refractivity contribution in [2.75, 3.05) is 13.7 Å². The molecule has 0 aliphatic carbocycles. The van der Waals surface area contributed by atoms with Crippen LogP contribution in [0.15, 0.2) is 42.5 Å². The molecule has 0 radical (unpaired) electrons. The number of benzene rings is 2. The number of methoxy groups -OCH3 is 1. The van der Waals surface area contributed by atoms with Gasteiger partial charge in [-0.3, -0.25) is 24.5 Å². The Morgan fingerprint density at radius 3 is 2.71 bits per heavy atom. The molecule has 0 aromatic heterocycles. The Morgan fingerprint density at radius 1 is 1.09 bits per heavy atom. The number of hydrogen-bond donors (Lipinski definition) is 2. The summed E-state index contributed by atoms with van der Waals surface area (Å²) in [6.45, 7) is 0.969. The molecule has 8 heteroatoms. The normalized spacial score (nSPS) is 17.4. The molecule has 2 aliphatic heterocycles. The number of amides is 4. The number of hydrogen-bond acceptors (Lipinski definition) is 5. The minimum atomic E-state index is -0.600. The van der Waals surface area contributed by atoms with Crippen LogP contribution < -0.4 is 15.4 Å². The first kappa shape index (κ1) is 23.5. The molecule has 2 aromatic rings. The lowest BCUT2D eigenvalue weighted by Crippen LogP contribution is -2.52. The average molecular weight is 464 g/mol. The highest BCUT2D eigenvalue weighted by molar-refractivity contribution is 6.05. The van der Waals surface area contributed by atoms with Gasteiger partial charge in [0.05, 0.1) is 12.7 Å². The van der Waals surface area contributed by atoms with Gasteiger partial charge in [-0.05, 0) is 55.0 Å². The monoisotopic (exact) mass is 463 g/mol. The minimum Gasteiger partial charge on any atom is -0.496 e. The summed E-state index contributed by atoms with van der Waals surface area (Å²) in [6.07, 6.45) is 4.13. The van der Waals surface area contributed by atoms with Crippen LogP contribution in [0.3, 0.4) is 0 Å². The van der Waals surface area contributed by atoms with E-state index >= 15 is 0 Å². The highest BCUT2D eigenvalue weighted by Gasteiger charge is 2.39. The summed E-state index contributed by atoms with van der Waals surface area (Å²) in [5.41, 5.74) is 3.25. The molecule has 34 heavy (non-hydrogen) atoms. The molecule has 2 aliphatic rings. The molecule has 1 saturated heterocycles. The number of carbonyl (C=O) groups excluding carboxylic acids is 4. The first-order chi connectivity index (χ1) is 16.5. The Balaban J connectivity index is 1.27. The second-order valence-electron chi connectivity index (χ2n) is 8.61. The lowest BCUT2D eigenvalue weighted by molar-refractivity contribution is -0.136. The summed E-state index contributed by atoms with van der Waals surface area (Å²) in [7, 11) is 1.55. The van der Waals surface area contributed by atoms with E-state index in [9.17, 15) is 19.2 Å². The van der Waals surface area contributed by atoms with Crippen molar-refractivity contribution in [2.24, 2.45) is 0 Å². The average Bonchev–Trinajstić information content (AvgIpc) is 3.18. The SMILES string of the molecule is COc1ccccc1C(=O)NCCCCCc1cccc2c1CN(C1CCC(=O)NC1=O)C2=O. The van der Waals surface area contributed by atoms with Gasteiger partial charge in [0.2, 0.25) is 11.8 Å². The topological polar surface area (TPSA) is 105 Å². The number of ether oxygens (including phenoxy) is 1. The van der Waals surface area contributed by atoms with E-state index in [1.165, 1.54) is 0 Å². The number of carbonyl (C=O) groups is 4. The van der Waals surface area contributed by atoms with E-state index in [0.717, 1.165) is 36.8 Å². The molecule has 2 aromatic carbocycles. The van der Waals surface area contributed by atoms with Gasteiger partial charge in [0.25, 0.3) is 11.8 Å². The Hall–Kier alpha value is -3.68. The largest absolute Gasteiger partial charge is 0.496 e. The zero-order valence-electron chi connectivity index (χ0n) is 19.3. The molecule has 2 heterocycles. The number of nitrogens with one attached hydrogen (secondary N) is 2. The second kappa shape index (κ2) is 10.5. The van der Waals surface area contributed by atoms with Gasteiger partial charge in [0.15, 0.2) is 0 Å². The molecule has 4 amide bonds. The van der Waals surface area contributed by atoms with Crippen molar-refractivity contribution in [3.05, 3.63) is 64.7 Å². The molecule has 1 unspecified atom stereocenters. The maximum atomic E-state index is 12.9. The van der Waals surface area contributed by atoms with Gasteiger partial charge in [0.1, 0.15) is 11.8 Å². The molecule has 0 spiro atoms. The van der Waals surface area contributed by atoms with Gasteiger partial charge >= 0.3 is 0 Å². The van der Waals surface area contributed by atoms with Crippen molar-refractivity contribution in [2.45, 2.75) is 51.1 Å². The van der Waals surface area contributed by atoms with Crippen molar-refractivity contribution in [3.8, 4) is 5.75 Å². The fourth-order valence-corrected chi connectivity index (χ4v) is 4.63. The highest BCUT2D eigenvalue weighted by atomic mass is 16.5. The molecule has 0 saturated carbocycles. The summed E-state index contributed by atoms with van der Waals surface area (Å²) in [6, 6.07) is 12.3. The lowest BCUT2D eigenvalue weighted by atomic mass is 9.98. The molecule has 1 fully saturated rings. The van der Waals surface area contributed by atoms with Gasteiger partial charge in [-0.1, -0.05) is 30.7 Å². The number of nitrogens with zero attached hydrogens (tertiary/aromatic N) is 1. The number of piperidine rings is 1. The Bertz CT molecular complexity index is 1110. The molecule has 178 valence electrons. The number of unbranched alkanes of at least 4 members (excludes halogenated alkanes) is 2. The number of fused-ring (bicyclic) bond motifs is 1. The molecule has 8 nitrogen and oxygen atoms in total. The summed E-state index contributed by atoms with van der Waals surface area (Å²) in [5, 5.41) is 5.28. The van der Waals surface area contributed by atoms with E-state index in [2.05, 4.69) is 10.6 Å². The predicted octanol–water partition coefficient (Wildman–Crippen LogP) is 2.60. The third kappa shape index (κ3) is 4.95. The van der Waals surface area contributed by atoms with Crippen LogP contribution >= 0.6 is 0 Å². The van der Waals surface area contributed by atoms with Gasteiger partial charge < -0.3 is 15.0 Å².